The first-order valence-corrected chi connectivity index (χ1v) is 9.50. The number of rotatable bonds is 10. The fourth-order valence-corrected chi connectivity index (χ4v) is 2.48. The van der Waals surface area contributed by atoms with Crippen LogP contribution >= 0.6 is 0 Å². The number of carbonyl (C=O) groups is 5. The van der Waals surface area contributed by atoms with E-state index in [1.807, 2.05) is 12.2 Å². The van der Waals surface area contributed by atoms with Crippen molar-refractivity contribution >= 4 is 29.9 Å². The Morgan fingerprint density at radius 1 is 1.06 bits per heavy atom. The summed E-state index contributed by atoms with van der Waals surface area (Å²) in [7, 11) is 0. The molecule has 0 saturated heterocycles. The first kappa shape index (κ1) is 24.3. The van der Waals surface area contributed by atoms with Gasteiger partial charge in [-0.3, -0.25) is 9.59 Å². The Kier molecular flexibility index (Phi) is 9.66. The molecule has 0 bridgehead atoms. The second-order valence-corrected chi connectivity index (χ2v) is 6.24. The van der Waals surface area contributed by atoms with Crippen molar-refractivity contribution in [2.24, 2.45) is 0 Å². The molecule has 1 aliphatic heterocycles. The number of alkyl carbamates (subject to hydrolysis) is 2. The number of aliphatic hydroxyl groups is 1. The summed E-state index contributed by atoms with van der Waals surface area (Å²) >= 11 is 0. The molecule has 0 aliphatic carbocycles. The first-order chi connectivity index (χ1) is 15.4. The highest BCUT2D eigenvalue weighted by molar-refractivity contribution is 6.35. The summed E-state index contributed by atoms with van der Waals surface area (Å²) in [5, 5.41) is 10.2. The molecule has 0 unspecified atom stereocenters. The normalized spacial score (nSPS) is 12.2. The van der Waals surface area contributed by atoms with Gasteiger partial charge < -0.3 is 28.5 Å². The Bertz CT molecular complexity index is 912. The van der Waals surface area contributed by atoms with Gasteiger partial charge in [0, 0.05) is 18.4 Å². The molecule has 2 amide bonds. The number of esters is 2. The van der Waals surface area contributed by atoms with Gasteiger partial charge in [0.15, 0.2) is 6.79 Å². The lowest BCUT2D eigenvalue weighted by Gasteiger charge is -2.09. The highest BCUT2D eigenvalue weighted by Crippen LogP contribution is 2.21. The Hall–Kier alpha value is -3.93. The second-order valence-electron chi connectivity index (χ2n) is 6.24. The molecule has 1 aromatic heterocycles. The van der Waals surface area contributed by atoms with E-state index in [9.17, 15) is 24.0 Å². The van der Waals surface area contributed by atoms with Crippen LogP contribution in [0.15, 0.2) is 40.9 Å². The lowest BCUT2D eigenvalue weighted by Crippen LogP contribution is -2.35. The Morgan fingerprint density at radius 2 is 1.84 bits per heavy atom. The van der Waals surface area contributed by atoms with Gasteiger partial charge in [-0.15, -0.1) is 0 Å². The van der Waals surface area contributed by atoms with E-state index in [0.717, 1.165) is 0 Å². The molecular weight excluding hydrogens is 430 g/mol. The number of aliphatic hydroxyl groups excluding tert-OH is 1. The van der Waals surface area contributed by atoms with Crippen LogP contribution in [0.1, 0.15) is 37.7 Å². The van der Waals surface area contributed by atoms with E-state index in [4.69, 9.17) is 19.0 Å². The summed E-state index contributed by atoms with van der Waals surface area (Å²) in [6.07, 6.45) is 4.46. The number of ether oxygens (including phenoxy) is 4. The molecule has 0 spiro atoms. The van der Waals surface area contributed by atoms with Crippen LogP contribution in [-0.4, -0.2) is 41.8 Å². The summed E-state index contributed by atoms with van der Waals surface area (Å²) in [6.45, 7) is -0.624. The number of hydrogen-bond donors (Lipinski definition) is 2. The van der Waals surface area contributed by atoms with E-state index in [0.29, 0.717) is 30.6 Å². The van der Waals surface area contributed by atoms with Crippen molar-refractivity contribution in [3.05, 3.63) is 42.1 Å². The quantitative estimate of drug-likeness (QED) is 0.231. The number of furan rings is 1. The molecule has 172 valence electrons. The van der Waals surface area contributed by atoms with E-state index in [-0.39, 0.29) is 25.2 Å². The van der Waals surface area contributed by atoms with Gasteiger partial charge in [0.2, 0.25) is 5.78 Å². The molecule has 0 atom stereocenters. The van der Waals surface area contributed by atoms with Crippen molar-refractivity contribution in [3.63, 3.8) is 0 Å². The molecule has 2 heterocycles. The molecule has 12 nitrogen and oxygen atoms in total. The fourth-order valence-electron chi connectivity index (χ4n) is 2.48. The molecule has 12 heteroatoms. The molecule has 2 N–H and O–H groups in total. The van der Waals surface area contributed by atoms with Crippen LogP contribution < -0.4 is 10.1 Å². The van der Waals surface area contributed by atoms with Crippen molar-refractivity contribution < 1.29 is 52.4 Å². The molecule has 32 heavy (non-hydrogen) atoms. The third-order valence-electron chi connectivity index (χ3n) is 3.95. The van der Waals surface area contributed by atoms with Crippen LogP contribution in [0.5, 0.6) is 5.95 Å². The minimum Gasteiger partial charge on any atom is -0.470 e. The summed E-state index contributed by atoms with van der Waals surface area (Å²) in [5.74, 6) is -2.72. The zero-order valence-electron chi connectivity index (χ0n) is 16.9. The van der Waals surface area contributed by atoms with Crippen LogP contribution in [0.4, 0.5) is 9.59 Å². The van der Waals surface area contributed by atoms with E-state index < -0.39 is 36.7 Å². The molecule has 0 radical (unpaired) electrons. The van der Waals surface area contributed by atoms with E-state index in [1.54, 1.807) is 0 Å². The van der Waals surface area contributed by atoms with Gasteiger partial charge in [0.1, 0.15) is 0 Å². The van der Waals surface area contributed by atoms with Crippen molar-refractivity contribution in [2.75, 3.05) is 6.79 Å². The predicted molar refractivity (Wildman–Crippen MR) is 103 cm³/mol. The minimum absolute atomic E-state index is 0.0105. The van der Waals surface area contributed by atoms with Crippen molar-refractivity contribution in [1.29, 1.82) is 0 Å². The molecule has 2 rings (SSSR count). The number of aryl methyl sites for hydroxylation is 1. The monoisotopic (exact) mass is 451 g/mol. The number of nitrogens with one attached hydrogen (secondary N) is 1. The van der Waals surface area contributed by atoms with Gasteiger partial charge in [0.05, 0.1) is 24.7 Å². The lowest BCUT2D eigenvalue weighted by atomic mass is 10.1. The molecule has 1 aromatic rings. The van der Waals surface area contributed by atoms with Gasteiger partial charge in [0.25, 0.3) is 5.95 Å². The Morgan fingerprint density at radius 3 is 2.56 bits per heavy atom. The van der Waals surface area contributed by atoms with Gasteiger partial charge in [-0.2, -0.15) is 0 Å². The first-order valence-electron chi connectivity index (χ1n) is 9.50. The highest BCUT2D eigenvalue weighted by atomic mass is 16.6. The number of hydrogen-bond acceptors (Lipinski definition) is 11. The van der Waals surface area contributed by atoms with Crippen molar-refractivity contribution in [2.45, 2.75) is 38.5 Å². The third kappa shape index (κ3) is 8.44. The van der Waals surface area contributed by atoms with E-state index in [2.05, 4.69) is 9.47 Å². The molecule has 1 aliphatic rings. The maximum atomic E-state index is 11.7. The summed E-state index contributed by atoms with van der Waals surface area (Å²) in [5.41, 5.74) is 0.447. The zero-order chi connectivity index (χ0) is 23.3. The zero-order valence-corrected chi connectivity index (χ0v) is 16.9. The van der Waals surface area contributed by atoms with E-state index >= 15 is 0 Å². The predicted octanol–water partition coefficient (Wildman–Crippen LogP) is 2.01. The number of imide groups is 1. The smallest absolute Gasteiger partial charge is 0.424 e. The lowest BCUT2D eigenvalue weighted by molar-refractivity contribution is -0.149. The van der Waals surface area contributed by atoms with Crippen LogP contribution in [0, 0.1) is 0 Å². The average Bonchev–Trinajstić information content (AvgIpc) is 3.20. The minimum atomic E-state index is -1.56. The second kappa shape index (κ2) is 12.7. The number of allylic oxidation sites excluding steroid dienone is 3. The van der Waals surface area contributed by atoms with Gasteiger partial charge in [-0.05, 0) is 37.5 Å². The third-order valence-corrected chi connectivity index (χ3v) is 3.95. The molecular formula is C20H21NO11. The SMILES string of the molecule is O=C(CCc1ccoc1OCO)OC(=O)NC(=O)OC(=O)C(=O)CCCC1=CCC=CO1. The fraction of sp³-hybridized carbons (Fsp3) is 0.350. The average molecular weight is 451 g/mol. The van der Waals surface area contributed by atoms with Gasteiger partial charge in [-0.1, -0.05) is 0 Å². The number of Topliss-reactive ketones (excluding diaryl/α,β-unsaturated/α-hetero) is 1. The number of ketones is 1. The Labute approximate surface area is 181 Å². The number of carbonyl (C=O) groups excluding carboxylic acids is 5. The standard InChI is InChI=1S/C20H21NO11/c22-12-30-18-13(9-11-29-18)7-8-16(24)31-19(26)21-20(27)32-17(25)15(23)6-3-5-14-4-1-2-10-28-14/h2,4,9-11,22H,1,3,5-8,12H2,(H,21,26,27). The van der Waals surface area contributed by atoms with Crippen LogP contribution in [0.2, 0.25) is 0 Å². The van der Waals surface area contributed by atoms with Gasteiger partial charge in [-0.25, -0.2) is 19.7 Å². The maximum absolute atomic E-state index is 11.7. The summed E-state index contributed by atoms with van der Waals surface area (Å²) in [6, 6.07) is 1.49. The Balaban J connectivity index is 1.64. The maximum Gasteiger partial charge on any atom is 0.424 e. The van der Waals surface area contributed by atoms with Gasteiger partial charge >= 0.3 is 24.1 Å². The molecule has 0 saturated carbocycles. The van der Waals surface area contributed by atoms with Crippen LogP contribution in [0.3, 0.4) is 0 Å². The molecule has 0 fully saturated rings. The topological polar surface area (TPSA) is 168 Å². The molecule has 0 aromatic carbocycles. The largest absolute Gasteiger partial charge is 0.470 e. The van der Waals surface area contributed by atoms with Crippen molar-refractivity contribution in [3.8, 4) is 5.95 Å². The van der Waals surface area contributed by atoms with Crippen LogP contribution in [0.25, 0.3) is 0 Å². The van der Waals surface area contributed by atoms with Crippen LogP contribution in [-0.2, 0) is 35.0 Å². The summed E-state index contributed by atoms with van der Waals surface area (Å²) < 4.78 is 23.5. The number of amides is 2. The van der Waals surface area contributed by atoms with E-state index in [1.165, 1.54) is 23.9 Å². The van der Waals surface area contributed by atoms with Crippen molar-refractivity contribution in [1.82, 2.24) is 5.32 Å². The highest BCUT2D eigenvalue weighted by Gasteiger charge is 2.22. The summed E-state index contributed by atoms with van der Waals surface area (Å²) in [4.78, 5) is 58.1.